The van der Waals surface area contributed by atoms with E-state index in [4.69, 9.17) is 4.74 Å². The van der Waals surface area contributed by atoms with Gasteiger partial charge in [0.15, 0.2) is 9.02 Å². The summed E-state index contributed by atoms with van der Waals surface area (Å²) in [4.78, 5) is 12.5. The molecule has 0 aromatic heterocycles. The Labute approximate surface area is 129 Å². The van der Waals surface area contributed by atoms with E-state index < -0.39 is 3.23 Å². The molecule has 0 heterocycles. The van der Waals surface area contributed by atoms with Crippen LogP contribution in [0.15, 0.2) is 54.6 Å². The van der Waals surface area contributed by atoms with Crippen LogP contribution in [0, 0.1) is 0 Å². The molecule has 0 unspecified atom stereocenters. The van der Waals surface area contributed by atoms with Crippen molar-refractivity contribution in [2.24, 2.45) is 0 Å². The molecule has 0 N–H and O–H groups in total. The van der Waals surface area contributed by atoms with Gasteiger partial charge in [-0.05, 0) is 29.8 Å². The Balaban J connectivity index is 2.32. The third kappa shape index (κ3) is 3.07. The maximum Gasteiger partial charge on any atom is 0.194 e. The Hall–Kier alpha value is -1.13. The SMILES string of the molecule is COc1ccc(C(=O)C(Br)(Br)c2ccccc2)cc1. The molecule has 0 spiro atoms. The molecule has 0 atom stereocenters. The van der Waals surface area contributed by atoms with Gasteiger partial charge in [0.05, 0.1) is 7.11 Å². The lowest BCUT2D eigenvalue weighted by Crippen LogP contribution is -2.22. The van der Waals surface area contributed by atoms with Crippen LogP contribution in [-0.2, 0) is 3.23 Å². The van der Waals surface area contributed by atoms with Gasteiger partial charge in [-0.25, -0.2) is 0 Å². The summed E-state index contributed by atoms with van der Waals surface area (Å²) in [5.74, 6) is 0.673. The third-order valence-electron chi connectivity index (χ3n) is 2.77. The number of carbonyl (C=O) groups excluding carboxylic acids is 1. The minimum Gasteiger partial charge on any atom is -0.497 e. The maximum absolute atomic E-state index is 12.5. The average molecular weight is 384 g/mol. The summed E-state index contributed by atoms with van der Waals surface area (Å²) in [6, 6.07) is 16.5. The molecule has 0 aliphatic rings. The van der Waals surface area contributed by atoms with E-state index in [2.05, 4.69) is 31.9 Å². The number of hydrogen-bond donors (Lipinski definition) is 0. The lowest BCUT2D eigenvalue weighted by Gasteiger charge is -2.19. The minimum atomic E-state index is -0.907. The first-order valence-corrected chi connectivity index (χ1v) is 7.26. The van der Waals surface area contributed by atoms with E-state index >= 15 is 0 Å². The maximum atomic E-state index is 12.5. The Bertz CT molecular complexity index is 562. The molecule has 0 saturated heterocycles. The topological polar surface area (TPSA) is 26.3 Å². The molecule has 0 amide bonds. The predicted molar refractivity (Wildman–Crippen MR) is 83.3 cm³/mol. The first-order valence-electron chi connectivity index (χ1n) is 5.68. The van der Waals surface area contributed by atoms with Crippen LogP contribution in [-0.4, -0.2) is 12.9 Å². The second-order valence-corrected chi connectivity index (χ2v) is 7.44. The van der Waals surface area contributed by atoms with Crippen LogP contribution in [0.4, 0.5) is 0 Å². The summed E-state index contributed by atoms with van der Waals surface area (Å²) < 4.78 is 4.18. The molecule has 2 aromatic carbocycles. The summed E-state index contributed by atoms with van der Waals surface area (Å²) in [7, 11) is 1.60. The average Bonchev–Trinajstić information content (AvgIpc) is 2.47. The van der Waals surface area contributed by atoms with Crippen LogP contribution in [0.25, 0.3) is 0 Å². The van der Waals surface area contributed by atoms with Gasteiger partial charge in [-0.3, -0.25) is 4.79 Å². The van der Waals surface area contributed by atoms with E-state index in [1.807, 2.05) is 30.3 Å². The van der Waals surface area contributed by atoms with Crippen LogP contribution in [0.3, 0.4) is 0 Å². The smallest absolute Gasteiger partial charge is 0.194 e. The molecule has 98 valence electrons. The molecule has 0 aliphatic heterocycles. The summed E-state index contributed by atoms with van der Waals surface area (Å²) in [5, 5.41) is 0. The Morgan fingerprint density at radius 1 is 1.00 bits per heavy atom. The first-order chi connectivity index (χ1) is 9.05. The van der Waals surface area contributed by atoms with Crippen molar-refractivity contribution >= 4 is 37.6 Å². The lowest BCUT2D eigenvalue weighted by atomic mass is 10.0. The molecule has 19 heavy (non-hydrogen) atoms. The summed E-state index contributed by atoms with van der Waals surface area (Å²) in [6.45, 7) is 0. The molecule has 4 heteroatoms. The van der Waals surface area contributed by atoms with Gasteiger partial charge in [0.25, 0.3) is 0 Å². The van der Waals surface area contributed by atoms with Crippen molar-refractivity contribution in [3.8, 4) is 5.75 Å². The molecular weight excluding hydrogens is 372 g/mol. The van der Waals surface area contributed by atoms with Gasteiger partial charge < -0.3 is 4.74 Å². The summed E-state index contributed by atoms with van der Waals surface area (Å²) in [6.07, 6.45) is 0. The van der Waals surface area contributed by atoms with Crippen molar-refractivity contribution in [2.45, 2.75) is 3.23 Å². The van der Waals surface area contributed by atoms with Gasteiger partial charge in [0, 0.05) is 5.56 Å². The Kier molecular flexibility index (Phi) is 4.42. The highest BCUT2D eigenvalue weighted by Gasteiger charge is 2.34. The molecule has 0 bridgehead atoms. The molecular formula is C15H12Br2O2. The van der Waals surface area contributed by atoms with Crippen LogP contribution >= 0.6 is 31.9 Å². The van der Waals surface area contributed by atoms with Crippen LogP contribution in [0.1, 0.15) is 15.9 Å². The van der Waals surface area contributed by atoms with Gasteiger partial charge in [0.1, 0.15) is 5.75 Å². The fourth-order valence-electron chi connectivity index (χ4n) is 1.70. The zero-order chi connectivity index (χ0) is 13.9. The molecule has 0 radical (unpaired) electrons. The quantitative estimate of drug-likeness (QED) is 0.573. The van der Waals surface area contributed by atoms with Gasteiger partial charge >= 0.3 is 0 Å². The number of Topliss-reactive ketones (excluding diaryl/α,β-unsaturated/α-hetero) is 1. The monoisotopic (exact) mass is 382 g/mol. The van der Waals surface area contributed by atoms with Crippen molar-refractivity contribution < 1.29 is 9.53 Å². The van der Waals surface area contributed by atoms with Crippen LogP contribution < -0.4 is 4.74 Å². The highest BCUT2D eigenvalue weighted by Crippen LogP contribution is 2.41. The fraction of sp³-hybridized carbons (Fsp3) is 0.133. The van der Waals surface area contributed by atoms with Crippen molar-refractivity contribution in [3.63, 3.8) is 0 Å². The number of alkyl halides is 2. The second-order valence-electron chi connectivity index (χ2n) is 4.00. The summed E-state index contributed by atoms with van der Waals surface area (Å²) >= 11 is 6.93. The number of hydrogen-bond acceptors (Lipinski definition) is 2. The van der Waals surface area contributed by atoms with Gasteiger partial charge in [-0.2, -0.15) is 0 Å². The number of halogens is 2. The number of benzene rings is 2. The molecule has 2 rings (SSSR count). The predicted octanol–water partition coefficient (Wildman–Crippen LogP) is 4.52. The molecule has 2 nitrogen and oxygen atoms in total. The minimum absolute atomic E-state index is 0.0543. The zero-order valence-electron chi connectivity index (χ0n) is 10.3. The van der Waals surface area contributed by atoms with E-state index in [0.29, 0.717) is 5.56 Å². The van der Waals surface area contributed by atoms with E-state index in [9.17, 15) is 4.79 Å². The second kappa shape index (κ2) is 5.88. The van der Waals surface area contributed by atoms with Crippen molar-refractivity contribution in [1.82, 2.24) is 0 Å². The molecule has 2 aromatic rings. The van der Waals surface area contributed by atoms with Crippen molar-refractivity contribution in [1.29, 1.82) is 0 Å². The molecule has 0 saturated carbocycles. The van der Waals surface area contributed by atoms with Crippen LogP contribution in [0.5, 0.6) is 5.75 Å². The number of ether oxygens (including phenoxy) is 1. The van der Waals surface area contributed by atoms with Crippen molar-refractivity contribution in [2.75, 3.05) is 7.11 Å². The highest BCUT2D eigenvalue weighted by atomic mass is 79.9. The Morgan fingerprint density at radius 3 is 2.11 bits per heavy atom. The van der Waals surface area contributed by atoms with Gasteiger partial charge in [-0.1, -0.05) is 62.2 Å². The number of carbonyl (C=O) groups is 1. The van der Waals surface area contributed by atoms with E-state index in [0.717, 1.165) is 11.3 Å². The number of rotatable bonds is 4. The fourth-order valence-corrected chi connectivity index (χ4v) is 2.69. The first kappa shape index (κ1) is 14.3. The number of methoxy groups -OCH3 is 1. The Morgan fingerprint density at radius 2 is 1.58 bits per heavy atom. The number of ketones is 1. The van der Waals surface area contributed by atoms with Gasteiger partial charge in [-0.15, -0.1) is 0 Å². The largest absolute Gasteiger partial charge is 0.497 e. The van der Waals surface area contributed by atoms with E-state index in [1.54, 1.807) is 31.4 Å². The molecule has 0 fully saturated rings. The highest BCUT2D eigenvalue weighted by molar-refractivity contribution is 9.25. The van der Waals surface area contributed by atoms with Crippen molar-refractivity contribution in [3.05, 3.63) is 65.7 Å². The third-order valence-corrected chi connectivity index (χ3v) is 4.41. The zero-order valence-corrected chi connectivity index (χ0v) is 13.4. The summed E-state index contributed by atoms with van der Waals surface area (Å²) in [5.41, 5.74) is 1.47. The molecule has 0 aliphatic carbocycles. The normalized spacial score (nSPS) is 11.1. The van der Waals surface area contributed by atoms with E-state index in [-0.39, 0.29) is 5.78 Å². The van der Waals surface area contributed by atoms with Crippen LogP contribution in [0.2, 0.25) is 0 Å². The lowest BCUT2D eigenvalue weighted by molar-refractivity contribution is 0.0982. The van der Waals surface area contributed by atoms with E-state index in [1.165, 1.54) is 0 Å². The standard InChI is InChI=1S/C15H12Br2O2/c1-19-13-9-7-11(8-10-13)14(18)15(16,17)12-5-3-2-4-6-12/h2-10H,1H3. The van der Waals surface area contributed by atoms with Gasteiger partial charge in [0.2, 0.25) is 0 Å².